The smallest absolute Gasteiger partial charge is 0.184 e. The fourth-order valence-electron chi connectivity index (χ4n) is 3.02. The lowest BCUT2D eigenvalue weighted by Gasteiger charge is -2.34. The maximum Gasteiger partial charge on any atom is 0.184 e. The molecule has 1 heterocycles. The van der Waals surface area contributed by atoms with Crippen molar-refractivity contribution < 1.29 is 14.2 Å². The first-order chi connectivity index (χ1) is 8.78. The molecule has 3 rings (SSSR count). The van der Waals surface area contributed by atoms with Gasteiger partial charge in [-0.3, -0.25) is 0 Å². The lowest BCUT2D eigenvalue weighted by Crippen LogP contribution is -2.35. The second-order valence-corrected chi connectivity index (χ2v) is 5.35. The van der Waals surface area contributed by atoms with Crippen molar-refractivity contribution in [3.8, 4) is 5.75 Å². The maximum absolute atomic E-state index is 6.12. The Morgan fingerprint density at radius 2 is 1.94 bits per heavy atom. The van der Waals surface area contributed by atoms with Gasteiger partial charge >= 0.3 is 0 Å². The quantitative estimate of drug-likeness (QED) is 0.804. The lowest BCUT2D eigenvalue weighted by atomic mass is 10.0. The van der Waals surface area contributed by atoms with Crippen molar-refractivity contribution >= 4 is 0 Å². The second kappa shape index (κ2) is 4.90. The van der Waals surface area contributed by atoms with Crippen molar-refractivity contribution in [1.29, 1.82) is 0 Å². The molecule has 1 aliphatic heterocycles. The number of hydrogen-bond acceptors (Lipinski definition) is 3. The third kappa shape index (κ3) is 2.13. The van der Waals surface area contributed by atoms with Gasteiger partial charge in [-0.2, -0.15) is 0 Å². The zero-order valence-electron chi connectivity index (χ0n) is 11.0. The van der Waals surface area contributed by atoms with E-state index in [9.17, 15) is 0 Å². The first-order valence-electron chi connectivity index (χ1n) is 6.69. The molecule has 0 spiro atoms. The number of methoxy groups -OCH3 is 1. The third-order valence-electron chi connectivity index (χ3n) is 4.15. The Kier molecular flexibility index (Phi) is 3.27. The Morgan fingerprint density at radius 1 is 1.17 bits per heavy atom. The van der Waals surface area contributed by atoms with Crippen LogP contribution in [0, 0.1) is 11.8 Å². The van der Waals surface area contributed by atoms with Gasteiger partial charge in [0.15, 0.2) is 6.29 Å². The standard InChI is InChI=1S/C15H20O3/c1-10-3-4-12-9-17-15(18-14(10)12)11-5-7-13(16-2)8-6-11/h5-8,10,12,14-15H,3-4,9H2,1-2H3/t10-,12-,14-,15?/m0/s1. The maximum atomic E-state index is 6.12. The number of hydrogen-bond donors (Lipinski definition) is 0. The first-order valence-corrected chi connectivity index (χ1v) is 6.69. The predicted molar refractivity (Wildman–Crippen MR) is 68.4 cm³/mol. The van der Waals surface area contributed by atoms with Crippen LogP contribution in [0.4, 0.5) is 0 Å². The third-order valence-corrected chi connectivity index (χ3v) is 4.15. The number of ether oxygens (including phenoxy) is 3. The Morgan fingerprint density at radius 3 is 2.67 bits per heavy atom. The number of benzene rings is 1. The molecule has 0 aromatic heterocycles. The molecular weight excluding hydrogens is 228 g/mol. The van der Waals surface area contributed by atoms with Gasteiger partial charge in [-0.15, -0.1) is 0 Å². The van der Waals surface area contributed by atoms with E-state index in [2.05, 4.69) is 6.92 Å². The van der Waals surface area contributed by atoms with Gasteiger partial charge in [-0.25, -0.2) is 0 Å². The van der Waals surface area contributed by atoms with E-state index >= 15 is 0 Å². The van der Waals surface area contributed by atoms with Gasteiger partial charge in [0.2, 0.25) is 0 Å². The van der Waals surface area contributed by atoms with E-state index in [0.717, 1.165) is 17.9 Å². The summed E-state index contributed by atoms with van der Waals surface area (Å²) in [6, 6.07) is 7.94. The van der Waals surface area contributed by atoms with Crippen molar-refractivity contribution in [3.63, 3.8) is 0 Å². The monoisotopic (exact) mass is 248 g/mol. The molecule has 2 fully saturated rings. The molecule has 1 aliphatic carbocycles. The largest absolute Gasteiger partial charge is 0.497 e. The molecule has 1 saturated carbocycles. The van der Waals surface area contributed by atoms with Crippen molar-refractivity contribution in [1.82, 2.24) is 0 Å². The van der Waals surface area contributed by atoms with Crippen molar-refractivity contribution in [2.75, 3.05) is 13.7 Å². The van der Waals surface area contributed by atoms with E-state index in [-0.39, 0.29) is 6.29 Å². The minimum atomic E-state index is -0.210. The Balaban J connectivity index is 1.72. The van der Waals surface area contributed by atoms with E-state index in [4.69, 9.17) is 14.2 Å². The minimum absolute atomic E-state index is 0.210. The van der Waals surface area contributed by atoms with Crippen LogP contribution in [0.3, 0.4) is 0 Å². The fraction of sp³-hybridized carbons (Fsp3) is 0.600. The summed E-state index contributed by atoms with van der Waals surface area (Å²) in [7, 11) is 1.67. The summed E-state index contributed by atoms with van der Waals surface area (Å²) in [5, 5.41) is 0. The van der Waals surface area contributed by atoms with Crippen LogP contribution in [0.1, 0.15) is 31.6 Å². The molecule has 4 atom stereocenters. The van der Waals surface area contributed by atoms with Gasteiger partial charge in [0, 0.05) is 11.5 Å². The molecule has 0 radical (unpaired) electrons. The molecule has 98 valence electrons. The summed E-state index contributed by atoms with van der Waals surface area (Å²) < 4.78 is 17.1. The van der Waals surface area contributed by atoms with Gasteiger partial charge in [-0.05, 0) is 30.9 Å². The highest BCUT2D eigenvalue weighted by Crippen LogP contribution is 2.41. The lowest BCUT2D eigenvalue weighted by molar-refractivity contribution is -0.241. The second-order valence-electron chi connectivity index (χ2n) is 5.35. The average molecular weight is 248 g/mol. The van der Waals surface area contributed by atoms with Crippen LogP contribution in [0.15, 0.2) is 24.3 Å². The van der Waals surface area contributed by atoms with Gasteiger partial charge in [0.05, 0.1) is 19.8 Å². The van der Waals surface area contributed by atoms with E-state index in [1.165, 1.54) is 12.8 Å². The minimum Gasteiger partial charge on any atom is -0.497 e. The highest BCUT2D eigenvalue weighted by molar-refractivity contribution is 5.28. The SMILES string of the molecule is COc1ccc(C2OC[C@@H]3CC[C@H](C)[C@@H]3O2)cc1. The number of rotatable bonds is 2. The molecule has 0 N–H and O–H groups in total. The molecule has 18 heavy (non-hydrogen) atoms. The van der Waals surface area contributed by atoms with Crippen LogP contribution in [0.2, 0.25) is 0 Å². The van der Waals surface area contributed by atoms with Gasteiger partial charge < -0.3 is 14.2 Å². The highest BCUT2D eigenvalue weighted by atomic mass is 16.7. The predicted octanol–water partition coefficient (Wildman–Crippen LogP) is 3.16. The van der Waals surface area contributed by atoms with Crippen LogP contribution in [-0.2, 0) is 9.47 Å². The normalized spacial score (nSPS) is 35.2. The van der Waals surface area contributed by atoms with E-state index in [1.807, 2.05) is 24.3 Å². The summed E-state index contributed by atoms with van der Waals surface area (Å²) >= 11 is 0. The zero-order chi connectivity index (χ0) is 12.5. The van der Waals surface area contributed by atoms with Crippen LogP contribution < -0.4 is 4.74 Å². The van der Waals surface area contributed by atoms with Crippen molar-refractivity contribution in [3.05, 3.63) is 29.8 Å². The Hall–Kier alpha value is -1.06. The molecular formula is C15H20O3. The van der Waals surface area contributed by atoms with Crippen molar-refractivity contribution in [2.45, 2.75) is 32.2 Å². The van der Waals surface area contributed by atoms with Crippen LogP contribution in [-0.4, -0.2) is 19.8 Å². The van der Waals surface area contributed by atoms with E-state index in [1.54, 1.807) is 7.11 Å². The van der Waals surface area contributed by atoms with Gasteiger partial charge in [-0.1, -0.05) is 19.1 Å². The van der Waals surface area contributed by atoms with Crippen molar-refractivity contribution in [2.24, 2.45) is 11.8 Å². The number of fused-ring (bicyclic) bond motifs is 1. The molecule has 1 aromatic rings. The van der Waals surface area contributed by atoms with Crippen LogP contribution in [0.5, 0.6) is 5.75 Å². The highest BCUT2D eigenvalue weighted by Gasteiger charge is 2.40. The van der Waals surface area contributed by atoms with Gasteiger partial charge in [0.25, 0.3) is 0 Å². The summed E-state index contributed by atoms with van der Waals surface area (Å²) in [6.07, 6.45) is 2.65. The zero-order valence-corrected chi connectivity index (χ0v) is 11.0. The molecule has 1 unspecified atom stereocenters. The van der Waals surface area contributed by atoms with Gasteiger partial charge in [0.1, 0.15) is 5.75 Å². The van der Waals surface area contributed by atoms with Crippen LogP contribution in [0.25, 0.3) is 0 Å². The van der Waals surface area contributed by atoms with Crippen LogP contribution >= 0.6 is 0 Å². The summed E-state index contributed by atoms with van der Waals surface area (Å²) in [5.41, 5.74) is 1.08. The molecule has 3 nitrogen and oxygen atoms in total. The summed E-state index contributed by atoms with van der Waals surface area (Å²) in [6.45, 7) is 3.10. The molecule has 0 bridgehead atoms. The molecule has 1 aromatic carbocycles. The molecule has 0 amide bonds. The molecule has 1 saturated heterocycles. The summed E-state index contributed by atoms with van der Waals surface area (Å²) in [4.78, 5) is 0. The summed E-state index contributed by atoms with van der Waals surface area (Å²) in [5.74, 6) is 2.11. The topological polar surface area (TPSA) is 27.7 Å². The first kappa shape index (κ1) is 12.0. The fourth-order valence-corrected chi connectivity index (χ4v) is 3.02. The Labute approximate surface area is 108 Å². The van der Waals surface area contributed by atoms with E-state index < -0.39 is 0 Å². The molecule has 2 aliphatic rings. The average Bonchev–Trinajstić information content (AvgIpc) is 2.80. The molecule has 3 heteroatoms. The Bertz CT molecular complexity index is 401. The van der Waals surface area contributed by atoms with E-state index in [0.29, 0.717) is 17.9 Å².